The highest BCUT2D eigenvalue weighted by atomic mass is 16.5. The smallest absolute Gasteiger partial charge is 0.240 e. The van der Waals surface area contributed by atoms with E-state index in [1.165, 1.54) is 5.56 Å². The van der Waals surface area contributed by atoms with Crippen molar-refractivity contribution in [3.8, 4) is 0 Å². The molecule has 1 saturated heterocycles. The molecule has 1 fully saturated rings. The van der Waals surface area contributed by atoms with E-state index in [9.17, 15) is 4.79 Å². The summed E-state index contributed by atoms with van der Waals surface area (Å²) >= 11 is 0. The highest BCUT2D eigenvalue weighted by molar-refractivity contribution is 5.86. The molecular weight excluding hydrogens is 240 g/mol. The van der Waals surface area contributed by atoms with Gasteiger partial charge in [0.1, 0.15) is 0 Å². The Morgan fingerprint density at radius 2 is 2.11 bits per heavy atom. The average Bonchev–Trinajstić information content (AvgIpc) is 2.39. The van der Waals surface area contributed by atoms with Gasteiger partial charge in [-0.3, -0.25) is 4.79 Å². The van der Waals surface area contributed by atoms with E-state index < -0.39 is 5.54 Å². The first-order chi connectivity index (χ1) is 9.01. The number of carbonyl (C=O) groups is 1. The Morgan fingerprint density at radius 1 is 1.42 bits per heavy atom. The van der Waals surface area contributed by atoms with Gasteiger partial charge < -0.3 is 15.8 Å². The molecule has 4 nitrogen and oxygen atoms in total. The number of carbonyl (C=O) groups excluding carboxylic acids is 1. The number of nitrogens with two attached hydrogens (primary N) is 1. The maximum Gasteiger partial charge on any atom is 0.240 e. The number of amides is 1. The lowest BCUT2D eigenvalue weighted by molar-refractivity contribution is -0.130. The van der Waals surface area contributed by atoms with Crippen LogP contribution in [0.4, 0.5) is 0 Å². The molecule has 1 aliphatic heterocycles. The summed E-state index contributed by atoms with van der Waals surface area (Å²) in [6.07, 6.45) is 1.17. The van der Waals surface area contributed by atoms with Gasteiger partial charge in [-0.1, -0.05) is 29.8 Å². The molecule has 1 aromatic carbocycles. The van der Waals surface area contributed by atoms with Crippen LogP contribution in [0, 0.1) is 6.92 Å². The van der Waals surface area contributed by atoms with Crippen molar-refractivity contribution < 1.29 is 9.53 Å². The van der Waals surface area contributed by atoms with Crippen molar-refractivity contribution in [1.29, 1.82) is 0 Å². The third kappa shape index (κ3) is 3.33. The number of nitrogens with one attached hydrogen (secondary N) is 1. The average molecular weight is 262 g/mol. The lowest BCUT2D eigenvalue weighted by atomic mass is 9.90. The molecule has 19 heavy (non-hydrogen) atoms. The van der Waals surface area contributed by atoms with E-state index in [0.29, 0.717) is 26.1 Å². The van der Waals surface area contributed by atoms with Crippen molar-refractivity contribution >= 4 is 5.91 Å². The highest BCUT2D eigenvalue weighted by Crippen LogP contribution is 2.20. The SMILES string of the molecule is Cc1cccc([C@H](C)NC(=O)C2(N)CCOCC2)c1. The van der Waals surface area contributed by atoms with Crippen LogP contribution in [0.5, 0.6) is 0 Å². The van der Waals surface area contributed by atoms with Gasteiger partial charge in [-0.25, -0.2) is 0 Å². The summed E-state index contributed by atoms with van der Waals surface area (Å²) in [5.74, 6) is -0.0789. The molecule has 1 atom stereocenters. The van der Waals surface area contributed by atoms with Crippen LogP contribution in [0.3, 0.4) is 0 Å². The van der Waals surface area contributed by atoms with Crippen LogP contribution in [-0.4, -0.2) is 24.7 Å². The minimum absolute atomic E-state index is 0.0318. The lowest BCUT2D eigenvalue weighted by Gasteiger charge is -2.33. The topological polar surface area (TPSA) is 64.4 Å². The summed E-state index contributed by atoms with van der Waals surface area (Å²) in [6.45, 7) is 5.14. The molecule has 0 spiro atoms. The minimum Gasteiger partial charge on any atom is -0.381 e. The number of ether oxygens (including phenoxy) is 1. The molecule has 1 aromatic rings. The molecule has 0 unspecified atom stereocenters. The van der Waals surface area contributed by atoms with Gasteiger partial charge in [-0.15, -0.1) is 0 Å². The van der Waals surface area contributed by atoms with E-state index in [1.54, 1.807) is 0 Å². The number of aryl methyl sites for hydroxylation is 1. The predicted molar refractivity (Wildman–Crippen MR) is 74.7 cm³/mol. The second-order valence-corrected chi connectivity index (χ2v) is 5.38. The van der Waals surface area contributed by atoms with E-state index in [0.717, 1.165) is 5.56 Å². The first-order valence-corrected chi connectivity index (χ1v) is 6.75. The van der Waals surface area contributed by atoms with Crippen molar-refractivity contribution in [1.82, 2.24) is 5.32 Å². The van der Waals surface area contributed by atoms with Gasteiger partial charge in [0.05, 0.1) is 11.6 Å². The van der Waals surface area contributed by atoms with Crippen LogP contribution in [0.2, 0.25) is 0 Å². The zero-order valence-electron chi connectivity index (χ0n) is 11.6. The highest BCUT2D eigenvalue weighted by Gasteiger charge is 2.36. The molecule has 0 aromatic heterocycles. The molecule has 0 aliphatic carbocycles. The van der Waals surface area contributed by atoms with E-state index in [4.69, 9.17) is 10.5 Å². The van der Waals surface area contributed by atoms with Crippen LogP contribution in [0.25, 0.3) is 0 Å². The second-order valence-electron chi connectivity index (χ2n) is 5.38. The summed E-state index contributed by atoms with van der Waals surface area (Å²) in [6, 6.07) is 8.11. The Labute approximate surface area is 114 Å². The van der Waals surface area contributed by atoms with Gasteiger partial charge in [0, 0.05) is 13.2 Å². The van der Waals surface area contributed by atoms with Crippen LogP contribution < -0.4 is 11.1 Å². The fraction of sp³-hybridized carbons (Fsp3) is 0.533. The molecular formula is C15H22N2O2. The fourth-order valence-corrected chi connectivity index (χ4v) is 2.33. The molecule has 0 saturated carbocycles. The number of hydrogen-bond donors (Lipinski definition) is 2. The Bertz CT molecular complexity index is 453. The Balaban J connectivity index is 2.02. The summed E-state index contributed by atoms with van der Waals surface area (Å²) in [5.41, 5.74) is 7.67. The summed E-state index contributed by atoms with van der Waals surface area (Å²) in [4.78, 5) is 12.3. The van der Waals surface area contributed by atoms with E-state index in [2.05, 4.69) is 11.4 Å². The number of rotatable bonds is 3. The van der Waals surface area contributed by atoms with Crippen molar-refractivity contribution in [3.05, 3.63) is 35.4 Å². The van der Waals surface area contributed by atoms with Crippen molar-refractivity contribution in [2.24, 2.45) is 5.73 Å². The molecule has 0 radical (unpaired) electrons. The quantitative estimate of drug-likeness (QED) is 0.871. The van der Waals surface area contributed by atoms with Gasteiger partial charge in [0.25, 0.3) is 0 Å². The predicted octanol–water partition coefficient (Wildman–Crippen LogP) is 1.68. The van der Waals surface area contributed by atoms with Gasteiger partial charge in [0.2, 0.25) is 5.91 Å². The summed E-state index contributed by atoms with van der Waals surface area (Å²) < 4.78 is 5.26. The maximum atomic E-state index is 12.3. The fourth-order valence-electron chi connectivity index (χ4n) is 2.33. The second kappa shape index (κ2) is 5.72. The molecule has 2 rings (SSSR count). The normalized spacial score (nSPS) is 19.7. The molecule has 0 bridgehead atoms. The Kier molecular flexibility index (Phi) is 4.22. The molecule has 1 aliphatic rings. The first-order valence-electron chi connectivity index (χ1n) is 6.75. The van der Waals surface area contributed by atoms with Crippen LogP contribution >= 0.6 is 0 Å². The zero-order chi connectivity index (χ0) is 13.9. The van der Waals surface area contributed by atoms with Gasteiger partial charge in [-0.2, -0.15) is 0 Å². The third-order valence-corrected chi connectivity index (χ3v) is 3.73. The zero-order valence-corrected chi connectivity index (χ0v) is 11.6. The largest absolute Gasteiger partial charge is 0.381 e. The van der Waals surface area contributed by atoms with E-state index >= 15 is 0 Å². The van der Waals surface area contributed by atoms with Crippen LogP contribution in [-0.2, 0) is 9.53 Å². The maximum absolute atomic E-state index is 12.3. The standard InChI is InChI=1S/C15H22N2O2/c1-11-4-3-5-13(10-11)12(2)17-14(18)15(16)6-8-19-9-7-15/h3-5,10,12H,6-9,16H2,1-2H3,(H,17,18)/t12-/m0/s1. The van der Waals surface area contributed by atoms with Gasteiger partial charge in [0.15, 0.2) is 0 Å². The monoisotopic (exact) mass is 262 g/mol. The Hall–Kier alpha value is -1.39. The van der Waals surface area contributed by atoms with Crippen molar-refractivity contribution in [2.75, 3.05) is 13.2 Å². The lowest BCUT2D eigenvalue weighted by Crippen LogP contribution is -2.57. The van der Waals surface area contributed by atoms with E-state index in [1.807, 2.05) is 32.0 Å². The minimum atomic E-state index is -0.781. The molecule has 1 amide bonds. The molecule has 3 N–H and O–H groups in total. The number of benzene rings is 1. The van der Waals surface area contributed by atoms with E-state index in [-0.39, 0.29) is 11.9 Å². The van der Waals surface area contributed by atoms with Crippen LogP contribution in [0.1, 0.15) is 36.9 Å². The number of hydrogen-bond acceptors (Lipinski definition) is 3. The van der Waals surface area contributed by atoms with Gasteiger partial charge in [-0.05, 0) is 32.3 Å². The third-order valence-electron chi connectivity index (χ3n) is 3.73. The Morgan fingerprint density at radius 3 is 2.74 bits per heavy atom. The molecule has 1 heterocycles. The first kappa shape index (κ1) is 14.0. The van der Waals surface area contributed by atoms with Crippen LogP contribution in [0.15, 0.2) is 24.3 Å². The van der Waals surface area contributed by atoms with Gasteiger partial charge >= 0.3 is 0 Å². The summed E-state index contributed by atoms with van der Waals surface area (Å²) in [7, 11) is 0. The molecule has 104 valence electrons. The summed E-state index contributed by atoms with van der Waals surface area (Å²) in [5, 5.41) is 3.01. The molecule has 4 heteroatoms. The van der Waals surface area contributed by atoms with Crippen molar-refractivity contribution in [3.63, 3.8) is 0 Å². The van der Waals surface area contributed by atoms with Crippen molar-refractivity contribution in [2.45, 2.75) is 38.3 Å².